The first-order chi connectivity index (χ1) is 18.3. The Labute approximate surface area is 231 Å². The average molecular weight is 543 g/mol. The van der Waals surface area contributed by atoms with Crippen LogP contribution in [-0.4, -0.2) is 62.7 Å². The van der Waals surface area contributed by atoms with E-state index in [9.17, 15) is 30.0 Å². The van der Waals surface area contributed by atoms with Crippen LogP contribution >= 0.6 is 0 Å². The van der Waals surface area contributed by atoms with E-state index in [2.05, 4.69) is 12.7 Å². The Morgan fingerprint density at radius 2 is 1.72 bits per heavy atom. The largest absolute Gasteiger partial charge is 0.462 e. The van der Waals surface area contributed by atoms with Crippen molar-refractivity contribution in [1.29, 1.82) is 0 Å². The van der Waals surface area contributed by atoms with Crippen LogP contribution in [0.3, 0.4) is 0 Å². The van der Waals surface area contributed by atoms with Gasteiger partial charge in [0.1, 0.15) is 12.4 Å². The van der Waals surface area contributed by atoms with E-state index in [-0.39, 0.29) is 41.7 Å². The maximum atomic E-state index is 13.3. The van der Waals surface area contributed by atoms with E-state index in [0.717, 1.165) is 43.1 Å². The Hall–Kier alpha value is -1.54. The molecule has 216 valence electrons. The molecule has 5 saturated carbocycles. The fourth-order valence-corrected chi connectivity index (χ4v) is 11.4. The van der Waals surface area contributed by atoms with E-state index in [4.69, 9.17) is 4.74 Å². The highest BCUT2D eigenvalue weighted by molar-refractivity contribution is 5.71. The van der Waals surface area contributed by atoms with E-state index in [1.54, 1.807) is 13.8 Å². The number of fused-ring (bicyclic) bond motifs is 2. The Morgan fingerprint density at radius 1 is 1.03 bits per heavy atom. The van der Waals surface area contributed by atoms with Gasteiger partial charge in [-0.2, -0.15) is 0 Å². The highest BCUT2D eigenvalue weighted by Gasteiger charge is 2.83. The molecule has 0 heterocycles. The van der Waals surface area contributed by atoms with E-state index in [1.165, 1.54) is 6.92 Å². The molecule has 4 N–H and O–H groups in total. The van der Waals surface area contributed by atoms with Gasteiger partial charge >= 0.3 is 5.97 Å². The number of allylic oxidation sites excluding steroid dienone is 1. The molecule has 7 heteroatoms. The summed E-state index contributed by atoms with van der Waals surface area (Å²) in [6.45, 7) is 11.0. The van der Waals surface area contributed by atoms with Crippen LogP contribution in [0.25, 0.3) is 0 Å². The summed E-state index contributed by atoms with van der Waals surface area (Å²) in [4.78, 5) is 25.4. The van der Waals surface area contributed by atoms with Crippen LogP contribution in [0.1, 0.15) is 79.1 Å². The van der Waals surface area contributed by atoms with Crippen molar-refractivity contribution in [3.05, 3.63) is 23.8 Å². The summed E-state index contributed by atoms with van der Waals surface area (Å²) >= 11 is 0. The SMILES string of the molecule is C=C(C)[C@@H]1CCC([C@@H]2CC[C@@H]3C2=C[C@]2(C=O)[C@@H]4CC[C@@]2([C@H]3O)[C@@H](O)[C@]42CC[C@@H](C(C)(C)O)[C@@H]2O)[C@@H]1OC(C)=O. The highest BCUT2D eigenvalue weighted by Crippen LogP contribution is 2.80. The minimum absolute atomic E-state index is 0.0817. The number of hydrogen-bond donors (Lipinski definition) is 4. The van der Waals surface area contributed by atoms with Gasteiger partial charge in [0.2, 0.25) is 0 Å². The molecule has 0 aromatic heterocycles. The molecule has 0 saturated heterocycles. The van der Waals surface area contributed by atoms with E-state index < -0.39 is 46.1 Å². The first-order valence-corrected chi connectivity index (χ1v) is 15.1. The molecule has 0 radical (unpaired) electrons. The number of aliphatic hydroxyl groups is 4. The summed E-state index contributed by atoms with van der Waals surface area (Å²) < 4.78 is 5.90. The summed E-state index contributed by atoms with van der Waals surface area (Å²) in [5.41, 5.74) is -2.07. The molecule has 6 aliphatic carbocycles. The molecule has 0 amide bonds. The summed E-state index contributed by atoms with van der Waals surface area (Å²) in [5, 5.41) is 46.9. The van der Waals surface area contributed by atoms with Crippen molar-refractivity contribution >= 4 is 12.3 Å². The monoisotopic (exact) mass is 542 g/mol. The van der Waals surface area contributed by atoms with Crippen molar-refractivity contribution < 1.29 is 34.8 Å². The summed E-state index contributed by atoms with van der Waals surface area (Å²) in [6.07, 6.45) is 5.61. The minimum Gasteiger partial charge on any atom is -0.462 e. The van der Waals surface area contributed by atoms with Gasteiger partial charge in [-0.3, -0.25) is 4.79 Å². The second-order valence-corrected chi connectivity index (χ2v) is 14.6. The fourth-order valence-electron chi connectivity index (χ4n) is 11.4. The van der Waals surface area contributed by atoms with Crippen molar-refractivity contribution in [3.63, 3.8) is 0 Å². The van der Waals surface area contributed by atoms with Crippen LogP contribution in [-0.2, 0) is 14.3 Å². The van der Waals surface area contributed by atoms with Gasteiger partial charge in [0.15, 0.2) is 0 Å². The third-order valence-electron chi connectivity index (χ3n) is 12.8. The predicted molar refractivity (Wildman–Crippen MR) is 144 cm³/mol. The molecule has 39 heavy (non-hydrogen) atoms. The van der Waals surface area contributed by atoms with Gasteiger partial charge in [0, 0.05) is 41.4 Å². The molecule has 0 aromatic carbocycles. The zero-order valence-electron chi connectivity index (χ0n) is 23.8. The molecule has 7 nitrogen and oxygen atoms in total. The van der Waals surface area contributed by atoms with Crippen molar-refractivity contribution in [2.75, 3.05) is 0 Å². The van der Waals surface area contributed by atoms with Gasteiger partial charge in [-0.25, -0.2) is 0 Å². The number of carbonyl (C=O) groups is 2. The lowest BCUT2D eigenvalue weighted by atomic mass is 9.55. The zero-order valence-corrected chi connectivity index (χ0v) is 23.8. The van der Waals surface area contributed by atoms with Gasteiger partial charge in [0.25, 0.3) is 0 Å². The average Bonchev–Trinajstić information content (AvgIpc) is 3.62. The topological polar surface area (TPSA) is 124 Å². The number of ether oxygens (including phenoxy) is 1. The Kier molecular flexibility index (Phi) is 6.18. The molecule has 2 bridgehead atoms. The lowest BCUT2D eigenvalue weighted by Crippen LogP contribution is -2.59. The summed E-state index contributed by atoms with van der Waals surface area (Å²) in [7, 11) is 0. The van der Waals surface area contributed by atoms with Crippen molar-refractivity contribution in [1.82, 2.24) is 0 Å². The minimum atomic E-state index is -1.12. The first-order valence-electron chi connectivity index (χ1n) is 15.1. The summed E-state index contributed by atoms with van der Waals surface area (Å²) in [5.74, 6) is -0.919. The smallest absolute Gasteiger partial charge is 0.302 e. The Balaban J connectivity index is 1.43. The van der Waals surface area contributed by atoms with E-state index in [0.29, 0.717) is 25.7 Å². The van der Waals surface area contributed by atoms with Crippen LogP contribution in [0.2, 0.25) is 0 Å². The molecule has 6 rings (SSSR count). The number of carbonyl (C=O) groups excluding carboxylic acids is 2. The van der Waals surface area contributed by atoms with E-state index >= 15 is 0 Å². The molecular formula is C32H46O7. The van der Waals surface area contributed by atoms with Gasteiger partial charge < -0.3 is 30.0 Å². The van der Waals surface area contributed by atoms with E-state index in [1.807, 2.05) is 6.92 Å². The molecule has 1 unspecified atom stereocenters. The maximum absolute atomic E-state index is 13.3. The molecule has 1 spiro atoms. The molecule has 0 aromatic rings. The second-order valence-electron chi connectivity index (χ2n) is 14.6. The molecule has 0 aliphatic heterocycles. The second kappa shape index (κ2) is 8.73. The lowest BCUT2D eigenvalue weighted by molar-refractivity contribution is -0.170. The lowest BCUT2D eigenvalue weighted by Gasteiger charge is -2.51. The number of aldehydes is 1. The van der Waals surface area contributed by atoms with Crippen LogP contribution in [0.15, 0.2) is 23.8 Å². The number of esters is 1. The number of hydrogen-bond acceptors (Lipinski definition) is 7. The van der Waals surface area contributed by atoms with Crippen molar-refractivity contribution in [2.45, 2.75) is 109 Å². The van der Waals surface area contributed by atoms with Crippen LogP contribution in [0, 0.1) is 51.8 Å². The highest BCUT2D eigenvalue weighted by atomic mass is 16.5. The van der Waals surface area contributed by atoms with Crippen molar-refractivity contribution in [3.8, 4) is 0 Å². The van der Waals surface area contributed by atoms with Crippen LogP contribution in [0.4, 0.5) is 0 Å². The zero-order chi connectivity index (χ0) is 28.3. The molecule has 13 atom stereocenters. The number of rotatable bonds is 5. The molecular weight excluding hydrogens is 496 g/mol. The first kappa shape index (κ1) is 27.6. The van der Waals surface area contributed by atoms with Crippen molar-refractivity contribution in [2.24, 2.45) is 51.8 Å². The van der Waals surface area contributed by atoms with Gasteiger partial charge in [-0.1, -0.05) is 23.8 Å². The third-order valence-corrected chi connectivity index (χ3v) is 12.8. The summed E-state index contributed by atoms with van der Waals surface area (Å²) in [6, 6.07) is 0. The standard InChI is InChI=1S/C32H46O7/c1-16(2)18-6-8-20(25(18)39-17(3)34)19-7-9-21-22(19)14-30(15-33)24-11-13-32(30,26(21)35)28(37)31(24)12-10-23(27(31)36)29(4,5)38/h14-15,18-21,23-28,35-38H,1,6-13H2,2-5H3/t18-,19-,20?,21+,23+,24-,25+,26-,27-,28-,30-,31+,32+/m0/s1. The van der Waals surface area contributed by atoms with Gasteiger partial charge in [-0.15, -0.1) is 0 Å². The fraction of sp³-hybridized carbons (Fsp3) is 0.812. The van der Waals surface area contributed by atoms with Crippen LogP contribution in [0.5, 0.6) is 0 Å². The normalized spacial score (nSPS) is 52.1. The Bertz CT molecular complexity index is 1110. The number of aliphatic hydroxyl groups excluding tert-OH is 3. The third kappa shape index (κ3) is 3.25. The van der Waals surface area contributed by atoms with Crippen LogP contribution < -0.4 is 0 Å². The van der Waals surface area contributed by atoms with Gasteiger partial charge in [0.05, 0.1) is 29.3 Å². The molecule has 5 fully saturated rings. The quantitative estimate of drug-likeness (QED) is 0.239. The molecule has 6 aliphatic rings. The predicted octanol–water partition coefficient (Wildman–Crippen LogP) is 3.33. The Morgan fingerprint density at radius 3 is 2.31 bits per heavy atom. The van der Waals surface area contributed by atoms with Gasteiger partial charge in [-0.05, 0) is 84.0 Å². The maximum Gasteiger partial charge on any atom is 0.302 e.